The first-order valence-corrected chi connectivity index (χ1v) is 7.12. The van der Waals surface area contributed by atoms with Crippen molar-refractivity contribution in [3.05, 3.63) is 42.0 Å². The molecule has 0 N–H and O–H groups in total. The quantitative estimate of drug-likeness (QED) is 0.781. The van der Waals surface area contributed by atoms with E-state index in [2.05, 4.69) is 0 Å². The number of hydrogen-bond acceptors (Lipinski definition) is 3. The highest BCUT2D eigenvalue weighted by Gasteiger charge is 2.54. The normalized spacial score (nSPS) is 27.6. The topological polar surface area (TPSA) is 46.6 Å². The number of allylic oxidation sites excluding steroid dienone is 1. The van der Waals surface area contributed by atoms with Crippen molar-refractivity contribution in [2.45, 2.75) is 38.0 Å². The van der Waals surface area contributed by atoms with Crippen LogP contribution in [0.4, 0.5) is 0 Å². The molecule has 0 saturated carbocycles. The summed E-state index contributed by atoms with van der Waals surface area (Å²) in [6, 6.07) is 9.43. The first-order chi connectivity index (χ1) is 9.95. The molecular weight excluding hydrogens is 266 g/mol. The number of rotatable bonds is 2. The standard InChI is InChI=1S/C17H19NO3/c1-17(2)10-14(19)12(11-7-5-4-6-8-11)9-13-15(21-3)16(20)18(13)17/h4-9,13,15H,10H2,1-3H3/t13-,15+/m1/s1. The maximum Gasteiger partial charge on any atom is 0.255 e. The van der Waals surface area contributed by atoms with Crippen LogP contribution in [0.1, 0.15) is 25.8 Å². The van der Waals surface area contributed by atoms with Gasteiger partial charge in [-0.1, -0.05) is 30.3 Å². The Labute approximate surface area is 124 Å². The molecule has 0 spiro atoms. The molecule has 1 aromatic rings. The van der Waals surface area contributed by atoms with Gasteiger partial charge in [-0.25, -0.2) is 0 Å². The summed E-state index contributed by atoms with van der Waals surface area (Å²) in [5.41, 5.74) is 1.10. The molecule has 2 aliphatic heterocycles. The zero-order chi connectivity index (χ0) is 15.2. The molecule has 1 saturated heterocycles. The van der Waals surface area contributed by atoms with Gasteiger partial charge in [-0.2, -0.15) is 0 Å². The van der Waals surface area contributed by atoms with Gasteiger partial charge in [0.15, 0.2) is 11.9 Å². The molecular formula is C17H19NO3. The number of methoxy groups -OCH3 is 1. The Morgan fingerprint density at radius 2 is 1.86 bits per heavy atom. The zero-order valence-corrected chi connectivity index (χ0v) is 12.5. The second-order valence-corrected chi connectivity index (χ2v) is 6.21. The highest BCUT2D eigenvalue weighted by molar-refractivity contribution is 6.22. The van der Waals surface area contributed by atoms with Gasteiger partial charge in [-0.05, 0) is 25.5 Å². The molecule has 4 heteroatoms. The van der Waals surface area contributed by atoms with Crippen LogP contribution in [0.3, 0.4) is 0 Å². The van der Waals surface area contributed by atoms with Crippen molar-refractivity contribution in [2.75, 3.05) is 7.11 Å². The van der Waals surface area contributed by atoms with Crippen LogP contribution in [0.25, 0.3) is 5.57 Å². The monoisotopic (exact) mass is 285 g/mol. The van der Waals surface area contributed by atoms with Crippen LogP contribution < -0.4 is 0 Å². The Kier molecular flexibility index (Phi) is 3.21. The second-order valence-electron chi connectivity index (χ2n) is 6.21. The van der Waals surface area contributed by atoms with Crippen molar-refractivity contribution in [3.8, 4) is 0 Å². The minimum atomic E-state index is -0.485. The lowest BCUT2D eigenvalue weighted by atomic mass is 9.88. The lowest BCUT2D eigenvalue weighted by molar-refractivity contribution is -0.176. The number of fused-ring (bicyclic) bond motifs is 1. The smallest absolute Gasteiger partial charge is 0.255 e. The molecule has 110 valence electrons. The maximum absolute atomic E-state index is 12.6. The number of carbonyl (C=O) groups excluding carboxylic acids is 2. The zero-order valence-electron chi connectivity index (χ0n) is 12.5. The molecule has 2 atom stereocenters. The van der Waals surface area contributed by atoms with Crippen LogP contribution in [0.15, 0.2) is 36.4 Å². The molecule has 2 aliphatic rings. The van der Waals surface area contributed by atoms with Gasteiger partial charge in [0.25, 0.3) is 5.91 Å². The van der Waals surface area contributed by atoms with Crippen molar-refractivity contribution in [1.82, 2.24) is 4.90 Å². The average Bonchev–Trinajstić information content (AvgIpc) is 2.51. The summed E-state index contributed by atoms with van der Waals surface area (Å²) < 4.78 is 5.29. The first kappa shape index (κ1) is 14.0. The van der Waals surface area contributed by atoms with Gasteiger partial charge in [0.05, 0.1) is 6.04 Å². The number of benzene rings is 1. The van der Waals surface area contributed by atoms with Gasteiger partial charge in [-0.3, -0.25) is 9.59 Å². The van der Waals surface area contributed by atoms with Gasteiger partial charge in [0.2, 0.25) is 0 Å². The van der Waals surface area contributed by atoms with Crippen LogP contribution >= 0.6 is 0 Å². The van der Waals surface area contributed by atoms with Crippen LogP contribution in [0, 0.1) is 0 Å². The average molecular weight is 285 g/mol. The molecule has 1 fully saturated rings. The number of β-lactam (4-membered cyclic amide) rings is 1. The minimum Gasteiger partial charge on any atom is -0.369 e. The van der Waals surface area contributed by atoms with E-state index >= 15 is 0 Å². The molecule has 0 radical (unpaired) electrons. The SMILES string of the molecule is CO[C@@H]1C(=O)N2[C@@H]1C=C(c1ccccc1)C(=O)CC2(C)C. The molecule has 0 bridgehead atoms. The highest BCUT2D eigenvalue weighted by atomic mass is 16.5. The van der Waals surface area contributed by atoms with E-state index in [0.717, 1.165) is 5.56 Å². The summed E-state index contributed by atoms with van der Waals surface area (Å²) in [7, 11) is 1.54. The molecule has 1 amide bonds. The fraction of sp³-hybridized carbons (Fsp3) is 0.412. The van der Waals surface area contributed by atoms with Gasteiger partial charge in [-0.15, -0.1) is 0 Å². The predicted molar refractivity (Wildman–Crippen MR) is 79.6 cm³/mol. The van der Waals surface area contributed by atoms with Gasteiger partial charge in [0.1, 0.15) is 0 Å². The lowest BCUT2D eigenvalue weighted by Crippen LogP contribution is -2.70. The summed E-state index contributed by atoms with van der Waals surface area (Å²) >= 11 is 0. The number of Topliss-reactive ketones (excluding diaryl/α,β-unsaturated/α-hetero) is 1. The number of ketones is 1. The fourth-order valence-corrected chi connectivity index (χ4v) is 3.30. The number of ether oxygens (including phenoxy) is 1. The summed E-state index contributed by atoms with van der Waals surface area (Å²) in [6.45, 7) is 3.87. The van der Waals surface area contributed by atoms with Crippen LogP contribution in [-0.2, 0) is 14.3 Å². The van der Waals surface area contributed by atoms with Crippen molar-refractivity contribution >= 4 is 17.3 Å². The number of amides is 1. The van der Waals surface area contributed by atoms with E-state index in [1.54, 1.807) is 4.90 Å². The number of nitrogens with zero attached hydrogens (tertiary/aromatic N) is 1. The summed E-state index contributed by atoms with van der Waals surface area (Å²) in [5, 5.41) is 0. The molecule has 2 heterocycles. The van der Waals surface area contributed by atoms with E-state index in [0.29, 0.717) is 12.0 Å². The summed E-state index contributed by atoms with van der Waals surface area (Å²) in [6.07, 6.45) is 1.74. The summed E-state index contributed by atoms with van der Waals surface area (Å²) in [5.74, 6) is 0.0362. The van der Waals surface area contributed by atoms with Crippen molar-refractivity contribution in [3.63, 3.8) is 0 Å². The third-order valence-electron chi connectivity index (χ3n) is 4.31. The van der Waals surface area contributed by atoms with Crippen LogP contribution in [0.5, 0.6) is 0 Å². The Morgan fingerprint density at radius 1 is 1.19 bits per heavy atom. The van der Waals surface area contributed by atoms with E-state index in [4.69, 9.17) is 4.74 Å². The first-order valence-electron chi connectivity index (χ1n) is 7.12. The van der Waals surface area contributed by atoms with Crippen molar-refractivity contribution in [2.24, 2.45) is 0 Å². The lowest BCUT2D eigenvalue weighted by Gasteiger charge is -2.52. The molecule has 1 aromatic carbocycles. The molecule has 21 heavy (non-hydrogen) atoms. The van der Waals surface area contributed by atoms with E-state index in [1.165, 1.54) is 7.11 Å². The minimum absolute atomic E-state index is 0.0362. The highest BCUT2D eigenvalue weighted by Crippen LogP contribution is 2.39. The van der Waals surface area contributed by atoms with Crippen molar-refractivity contribution in [1.29, 1.82) is 0 Å². The Hall–Kier alpha value is -1.94. The maximum atomic E-state index is 12.6. The van der Waals surface area contributed by atoms with E-state index in [1.807, 2.05) is 50.3 Å². The molecule has 0 unspecified atom stereocenters. The van der Waals surface area contributed by atoms with Gasteiger partial charge in [0, 0.05) is 24.6 Å². The molecule has 0 aliphatic carbocycles. The molecule has 0 aromatic heterocycles. The molecule has 4 nitrogen and oxygen atoms in total. The Morgan fingerprint density at radius 3 is 2.48 bits per heavy atom. The van der Waals surface area contributed by atoms with Crippen LogP contribution in [-0.4, -0.2) is 41.4 Å². The van der Waals surface area contributed by atoms with E-state index in [-0.39, 0.29) is 17.7 Å². The largest absolute Gasteiger partial charge is 0.369 e. The van der Waals surface area contributed by atoms with E-state index < -0.39 is 11.6 Å². The Balaban J connectivity index is 2.06. The van der Waals surface area contributed by atoms with Gasteiger partial charge < -0.3 is 9.64 Å². The second kappa shape index (κ2) is 4.81. The number of carbonyl (C=O) groups is 2. The van der Waals surface area contributed by atoms with E-state index in [9.17, 15) is 9.59 Å². The fourth-order valence-electron chi connectivity index (χ4n) is 3.30. The van der Waals surface area contributed by atoms with Crippen molar-refractivity contribution < 1.29 is 14.3 Å². The Bertz CT molecular complexity index is 618. The predicted octanol–water partition coefficient (Wildman–Crippen LogP) is 2.05. The van der Waals surface area contributed by atoms with Crippen LogP contribution in [0.2, 0.25) is 0 Å². The number of hydrogen-bond donors (Lipinski definition) is 0. The molecule has 3 rings (SSSR count). The third-order valence-corrected chi connectivity index (χ3v) is 4.31. The van der Waals surface area contributed by atoms with Gasteiger partial charge >= 0.3 is 0 Å². The third kappa shape index (κ3) is 2.10. The summed E-state index contributed by atoms with van der Waals surface area (Å²) in [4.78, 5) is 26.6.